The SMILES string of the molecule is CCCCCC(OCCC)=C(OCCC)C(CCC)OCOCOC(CCC)C(OCCC)=C(CCCCC)OCCC. The summed E-state index contributed by atoms with van der Waals surface area (Å²) < 4.78 is 43.6. The van der Waals surface area contributed by atoms with Crippen LogP contribution < -0.4 is 0 Å². The average Bonchev–Trinajstić information content (AvgIpc) is 3.01. The number of unbranched alkanes of at least 4 members (excludes halogenated alkanes) is 4. The fourth-order valence-corrected chi connectivity index (χ4v) is 4.58. The second-order valence-electron chi connectivity index (χ2n) is 11.2. The Labute approximate surface area is 266 Å². The summed E-state index contributed by atoms with van der Waals surface area (Å²) in [5.74, 6) is 3.55. The molecule has 0 aromatic carbocycles. The monoisotopic (exact) mass is 615 g/mol. The third-order valence-corrected chi connectivity index (χ3v) is 6.84. The number of allylic oxidation sites excluding steroid dienone is 2. The average molecular weight is 615 g/mol. The van der Waals surface area contributed by atoms with Crippen LogP contribution in [0.1, 0.15) is 158 Å². The Bertz CT molecular complexity index is 621. The van der Waals surface area contributed by atoms with Crippen LogP contribution in [-0.2, 0) is 33.2 Å². The maximum atomic E-state index is 6.31. The van der Waals surface area contributed by atoms with Crippen molar-refractivity contribution in [3.63, 3.8) is 0 Å². The molecular weight excluding hydrogens is 544 g/mol. The van der Waals surface area contributed by atoms with Crippen molar-refractivity contribution in [3.8, 4) is 0 Å². The van der Waals surface area contributed by atoms with E-state index in [0.29, 0.717) is 26.4 Å². The van der Waals surface area contributed by atoms with Gasteiger partial charge in [0.1, 0.15) is 23.7 Å². The van der Waals surface area contributed by atoms with Gasteiger partial charge in [-0.05, 0) is 51.4 Å². The zero-order valence-corrected chi connectivity index (χ0v) is 29.6. The van der Waals surface area contributed by atoms with Gasteiger partial charge in [-0.15, -0.1) is 0 Å². The van der Waals surface area contributed by atoms with E-state index < -0.39 is 0 Å². The molecule has 0 aliphatic carbocycles. The quantitative estimate of drug-likeness (QED) is 0.0424. The van der Waals surface area contributed by atoms with E-state index in [1.54, 1.807) is 0 Å². The molecule has 2 unspecified atom stereocenters. The second-order valence-corrected chi connectivity index (χ2v) is 11.2. The van der Waals surface area contributed by atoms with Crippen LogP contribution in [-0.4, -0.2) is 52.2 Å². The number of hydrogen-bond acceptors (Lipinski definition) is 7. The van der Waals surface area contributed by atoms with Crippen LogP contribution in [0.5, 0.6) is 0 Å². The fourth-order valence-electron chi connectivity index (χ4n) is 4.58. The molecule has 0 fully saturated rings. The lowest BCUT2D eigenvalue weighted by Crippen LogP contribution is -2.25. The van der Waals surface area contributed by atoms with Crippen molar-refractivity contribution in [3.05, 3.63) is 23.0 Å². The van der Waals surface area contributed by atoms with E-state index in [1.165, 1.54) is 25.7 Å². The summed E-state index contributed by atoms with van der Waals surface area (Å²) in [6.07, 6.45) is 15.5. The summed E-state index contributed by atoms with van der Waals surface area (Å²) in [5.41, 5.74) is 0. The maximum absolute atomic E-state index is 6.31. The standard InChI is InChI=1S/C36H70O7/c1-9-17-19-23-33(38-25-13-5)35(40-27-15-7)31(21-11-3)42-29-37-30-43-32(22-12-4)36(41-28-16-8)34(39-26-14-6)24-20-18-10-2/h31-32H,9-30H2,1-8H3. The molecule has 0 bridgehead atoms. The summed E-state index contributed by atoms with van der Waals surface area (Å²) in [4.78, 5) is 0. The van der Waals surface area contributed by atoms with Crippen LogP contribution in [0.3, 0.4) is 0 Å². The van der Waals surface area contributed by atoms with E-state index in [0.717, 1.165) is 100 Å². The Morgan fingerprint density at radius 3 is 1.12 bits per heavy atom. The van der Waals surface area contributed by atoms with Crippen LogP contribution in [0, 0.1) is 0 Å². The molecule has 0 radical (unpaired) electrons. The molecule has 0 rings (SSSR count). The van der Waals surface area contributed by atoms with Gasteiger partial charge >= 0.3 is 0 Å². The Morgan fingerprint density at radius 1 is 0.419 bits per heavy atom. The molecule has 43 heavy (non-hydrogen) atoms. The summed E-state index contributed by atoms with van der Waals surface area (Å²) in [7, 11) is 0. The van der Waals surface area contributed by atoms with Gasteiger partial charge in [0.25, 0.3) is 0 Å². The molecule has 2 atom stereocenters. The topological polar surface area (TPSA) is 64.6 Å². The van der Waals surface area contributed by atoms with Crippen LogP contribution in [0.25, 0.3) is 0 Å². The smallest absolute Gasteiger partial charge is 0.162 e. The Kier molecular flexibility index (Phi) is 29.6. The molecule has 0 amide bonds. The van der Waals surface area contributed by atoms with Crippen LogP contribution in [0.15, 0.2) is 23.0 Å². The molecule has 7 nitrogen and oxygen atoms in total. The molecule has 0 aromatic heterocycles. The minimum atomic E-state index is -0.215. The van der Waals surface area contributed by atoms with Gasteiger partial charge in [-0.2, -0.15) is 0 Å². The van der Waals surface area contributed by atoms with Gasteiger partial charge in [-0.3, -0.25) is 0 Å². The highest BCUT2D eigenvalue weighted by atomic mass is 16.7. The predicted octanol–water partition coefficient (Wildman–Crippen LogP) is 10.6. The van der Waals surface area contributed by atoms with Gasteiger partial charge in [0, 0.05) is 12.8 Å². The van der Waals surface area contributed by atoms with E-state index in [-0.39, 0.29) is 25.8 Å². The highest BCUT2D eigenvalue weighted by Crippen LogP contribution is 2.26. The third kappa shape index (κ3) is 20.3. The molecule has 0 spiro atoms. The van der Waals surface area contributed by atoms with Crippen molar-refractivity contribution in [2.75, 3.05) is 40.0 Å². The van der Waals surface area contributed by atoms with Gasteiger partial charge in [-0.25, -0.2) is 0 Å². The normalized spacial score (nSPS) is 14.1. The predicted molar refractivity (Wildman–Crippen MR) is 178 cm³/mol. The molecule has 256 valence electrons. The molecule has 0 heterocycles. The van der Waals surface area contributed by atoms with Crippen LogP contribution in [0.4, 0.5) is 0 Å². The first-order chi connectivity index (χ1) is 21.1. The number of hydrogen-bond donors (Lipinski definition) is 0. The Balaban J connectivity index is 5.67. The first-order valence-electron chi connectivity index (χ1n) is 17.9. The Morgan fingerprint density at radius 2 is 0.791 bits per heavy atom. The summed E-state index contributed by atoms with van der Waals surface area (Å²) in [6, 6.07) is 0. The third-order valence-electron chi connectivity index (χ3n) is 6.84. The molecule has 0 aliphatic heterocycles. The van der Waals surface area contributed by atoms with Crippen LogP contribution in [0.2, 0.25) is 0 Å². The van der Waals surface area contributed by atoms with Gasteiger partial charge < -0.3 is 33.2 Å². The molecule has 0 saturated heterocycles. The Hall–Kier alpha value is -1.44. The largest absolute Gasteiger partial charge is 0.494 e. The number of rotatable bonds is 32. The minimum absolute atomic E-state index is 0.114. The first-order valence-corrected chi connectivity index (χ1v) is 17.9. The zero-order chi connectivity index (χ0) is 32.0. The van der Waals surface area contributed by atoms with Crippen molar-refractivity contribution >= 4 is 0 Å². The molecule has 7 heteroatoms. The van der Waals surface area contributed by atoms with Crippen molar-refractivity contribution < 1.29 is 33.2 Å². The second kappa shape index (κ2) is 30.6. The summed E-state index contributed by atoms with van der Waals surface area (Å²) in [6.45, 7) is 20.2. The van der Waals surface area contributed by atoms with Gasteiger partial charge in [0.15, 0.2) is 25.1 Å². The van der Waals surface area contributed by atoms with E-state index in [1.807, 2.05) is 0 Å². The van der Waals surface area contributed by atoms with E-state index >= 15 is 0 Å². The van der Waals surface area contributed by atoms with Crippen molar-refractivity contribution in [2.24, 2.45) is 0 Å². The molecule has 0 aliphatic rings. The van der Waals surface area contributed by atoms with E-state index in [4.69, 9.17) is 33.2 Å². The summed E-state index contributed by atoms with van der Waals surface area (Å²) in [5, 5.41) is 0. The van der Waals surface area contributed by atoms with E-state index in [2.05, 4.69) is 55.4 Å². The lowest BCUT2D eigenvalue weighted by Gasteiger charge is -2.26. The van der Waals surface area contributed by atoms with Gasteiger partial charge in [0.2, 0.25) is 0 Å². The van der Waals surface area contributed by atoms with Crippen molar-refractivity contribution in [2.45, 2.75) is 170 Å². The minimum Gasteiger partial charge on any atom is -0.494 e. The molecular formula is C36H70O7. The lowest BCUT2D eigenvalue weighted by molar-refractivity contribution is -0.167. The van der Waals surface area contributed by atoms with Gasteiger partial charge in [-0.1, -0.05) is 93.9 Å². The highest BCUT2D eigenvalue weighted by molar-refractivity contribution is 5.09. The molecule has 0 saturated carbocycles. The maximum Gasteiger partial charge on any atom is 0.162 e. The lowest BCUT2D eigenvalue weighted by atomic mass is 10.1. The zero-order valence-electron chi connectivity index (χ0n) is 29.6. The molecule has 0 aromatic rings. The van der Waals surface area contributed by atoms with Crippen molar-refractivity contribution in [1.29, 1.82) is 0 Å². The number of ether oxygens (including phenoxy) is 7. The fraction of sp³-hybridized carbons (Fsp3) is 0.889. The first kappa shape index (κ1) is 41.6. The highest BCUT2D eigenvalue weighted by Gasteiger charge is 2.24. The van der Waals surface area contributed by atoms with Crippen molar-refractivity contribution in [1.82, 2.24) is 0 Å². The molecule has 0 N–H and O–H groups in total. The summed E-state index contributed by atoms with van der Waals surface area (Å²) >= 11 is 0. The van der Waals surface area contributed by atoms with Crippen LogP contribution >= 0.6 is 0 Å². The van der Waals surface area contributed by atoms with Gasteiger partial charge in [0.05, 0.1) is 26.4 Å². The van der Waals surface area contributed by atoms with E-state index in [9.17, 15) is 0 Å².